The summed E-state index contributed by atoms with van der Waals surface area (Å²) >= 11 is 0. The van der Waals surface area contributed by atoms with Crippen LogP contribution in [0, 0.1) is 0 Å². The molecule has 2 unspecified atom stereocenters. The fourth-order valence-corrected chi connectivity index (χ4v) is 2.18. The van der Waals surface area contributed by atoms with Gasteiger partial charge < -0.3 is 10.3 Å². The lowest BCUT2D eigenvalue weighted by Gasteiger charge is -2.01. The van der Waals surface area contributed by atoms with Crippen LogP contribution in [-0.4, -0.2) is 16.2 Å². The first kappa shape index (κ1) is 11.2. The number of benzene rings is 1. The van der Waals surface area contributed by atoms with Crippen molar-refractivity contribution in [1.82, 2.24) is 10.1 Å². The number of rotatable bonds is 3. The summed E-state index contributed by atoms with van der Waals surface area (Å²) in [5.41, 5.74) is 7.00. The average molecular weight is 241 g/mol. The van der Waals surface area contributed by atoms with Gasteiger partial charge in [0.2, 0.25) is 5.89 Å². The molecule has 2 atom stereocenters. The molecule has 0 bridgehead atoms. The summed E-state index contributed by atoms with van der Waals surface area (Å²) in [6, 6.07) is 10.2. The molecule has 3 rings (SSSR count). The summed E-state index contributed by atoms with van der Waals surface area (Å²) in [5.74, 6) is 1.58. The van der Waals surface area contributed by atoms with Crippen molar-refractivity contribution in [3.8, 4) is 0 Å². The molecule has 0 spiro atoms. The first-order valence-corrected chi connectivity index (χ1v) is 6.11. The summed E-state index contributed by atoms with van der Waals surface area (Å²) in [7, 11) is 0. The minimum Gasteiger partial charge on any atom is -0.339 e. The first-order valence-electron chi connectivity index (χ1n) is 6.11. The van der Waals surface area contributed by atoms with Gasteiger partial charge in [-0.25, -0.2) is 0 Å². The van der Waals surface area contributed by atoms with E-state index in [0.717, 1.165) is 12.2 Å². The fourth-order valence-electron chi connectivity index (χ4n) is 2.18. The maximum absolute atomic E-state index is 5.82. The van der Waals surface area contributed by atoms with Crippen molar-refractivity contribution in [2.45, 2.75) is 24.8 Å². The van der Waals surface area contributed by atoms with Crippen molar-refractivity contribution in [1.29, 1.82) is 0 Å². The molecule has 92 valence electrons. The molecule has 4 heteroatoms. The van der Waals surface area contributed by atoms with Crippen LogP contribution >= 0.6 is 0 Å². The fraction of sp³-hybridized carbons (Fsp3) is 0.286. The number of hydrogen-bond acceptors (Lipinski definition) is 4. The average Bonchev–Trinajstić information content (AvgIpc) is 2.99. The van der Waals surface area contributed by atoms with Crippen molar-refractivity contribution >= 4 is 0 Å². The second-order valence-corrected chi connectivity index (χ2v) is 4.60. The Hall–Kier alpha value is -1.94. The molecule has 2 aromatic rings. The largest absolute Gasteiger partial charge is 0.339 e. The Morgan fingerprint density at radius 2 is 2.06 bits per heavy atom. The van der Waals surface area contributed by atoms with Crippen molar-refractivity contribution < 1.29 is 4.52 Å². The van der Waals surface area contributed by atoms with E-state index in [1.165, 1.54) is 5.56 Å². The minimum atomic E-state index is 0.111. The topological polar surface area (TPSA) is 64.9 Å². The van der Waals surface area contributed by atoms with E-state index in [0.29, 0.717) is 12.3 Å². The summed E-state index contributed by atoms with van der Waals surface area (Å²) in [6.07, 6.45) is 5.59. The Balaban J connectivity index is 1.72. The molecule has 0 fully saturated rings. The first-order chi connectivity index (χ1) is 8.81. The highest BCUT2D eigenvalue weighted by Gasteiger charge is 2.22. The van der Waals surface area contributed by atoms with E-state index in [2.05, 4.69) is 22.3 Å². The Morgan fingerprint density at radius 3 is 2.78 bits per heavy atom. The van der Waals surface area contributed by atoms with Gasteiger partial charge in [-0.15, -0.1) is 0 Å². The van der Waals surface area contributed by atoms with Crippen LogP contribution in [0.25, 0.3) is 0 Å². The molecule has 0 radical (unpaired) electrons. The molecule has 1 aliphatic rings. The molecule has 0 amide bonds. The lowest BCUT2D eigenvalue weighted by atomic mass is 10.1. The van der Waals surface area contributed by atoms with Crippen LogP contribution in [0.3, 0.4) is 0 Å². The molecule has 1 aromatic heterocycles. The van der Waals surface area contributed by atoms with Gasteiger partial charge in [0.05, 0.1) is 5.92 Å². The van der Waals surface area contributed by atoms with Crippen molar-refractivity contribution in [3.05, 3.63) is 59.8 Å². The predicted molar refractivity (Wildman–Crippen MR) is 68.0 cm³/mol. The Labute approximate surface area is 106 Å². The highest BCUT2D eigenvalue weighted by Crippen LogP contribution is 2.26. The zero-order chi connectivity index (χ0) is 12.4. The molecular formula is C14H15N3O. The molecule has 1 heterocycles. The van der Waals surface area contributed by atoms with Crippen LogP contribution < -0.4 is 5.73 Å². The summed E-state index contributed by atoms with van der Waals surface area (Å²) in [5, 5.41) is 4.02. The zero-order valence-electron chi connectivity index (χ0n) is 9.99. The molecule has 0 saturated heterocycles. The third-order valence-corrected chi connectivity index (χ3v) is 3.12. The van der Waals surface area contributed by atoms with E-state index >= 15 is 0 Å². The van der Waals surface area contributed by atoms with Gasteiger partial charge in [-0.1, -0.05) is 47.6 Å². The van der Waals surface area contributed by atoms with Gasteiger partial charge in [-0.2, -0.15) is 4.98 Å². The van der Waals surface area contributed by atoms with E-state index in [1.54, 1.807) is 0 Å². The van der Waals surface area contributed by atoms with Crippen LogP contribution in [0.15, 0.2) is 47.0 Å². The normalized spacial score (nSPS) is 22.5. The van der Waals surface area contributed by atoms with E-state index in [1.807, 2.05) is 30.4 Å². The molecule has 1 aromatic carbocycles. The van der Waals surface area contributed by atoms with Crippen LogP contribution in [0.2, 0.25) is 0 Å². The van der Waals surface area contributed by atoms with E-state index < -0.39 is 0 Å². The number of allylic oxidation sites excluding steroid dienone is 1. The second kappa shape index (κ2) is 4.74. The third-order valence-electron chi connectivity index (χ3n) is 3.12. The van der Waals surface area contributed by atoms with Crippen molar-refractivity contribution in [2.75, 3.05) is 0 Å². The smallest absolute Gasteiger partial charge is 0.233 e. The maximum atomic E-state index is 5.82. The van der Waals surface area contributed by atoms with Gasteiger partial charge in [0.1, 0.15) is 0 Å². The minimum absolute atomic E-state index is 0.111. The maximum Gasteiger partial charge on any atom is 0.233 e. The van der Waals surface area contributed by atoms with Gasteiger partial charge in [0.25, 0.3) is 0 Å². The van der Waals surface area contributed by atoms with Crippen LogP contribution in [0.4, 0.5) is 0 Å². The van der Waals surface area contributed by atoms with Crippen LogP contribution in [-0.2, 0) is 6.42 Å². The molecule has 1 aliphatic carbocycles. The standard InChI is InChI=1S/C14H15N3O/c15-12-7-6-11(9-12)14-16-13(17-18-14)8-10-4-2-1-3-5-10/h1-7,11-12H,8-9,15H2. The summed E-state index contributed by atoms with van der Waals surface area (Å²) in [6.45, 7) is 0. The lowest BCUT2D eigenvalue weighted by molar-refractivity contribution is 0.360. The Morgan fingerprint density at radius 1 is 1.22 bits per heavy atom. The summed E-state index contributed by atoms with van der Waals surface area (Å²) < 4.78 is 5.30. The van der Waals surface area contributed by atoms with Gasteiger partial charge >= 0.3 is 0 Å². The van der Waals surface area contributed by atoms with Gasteiger partial charge in [-0.3, -0.25) is 0 Å². The van der Waals surface area contributed by atoms with Gasteiger partial charge in [0.15, 0.2) is 5.82 Å². The summed E-state index contributed by atoms with van der Waals surface area (Å²) in [4.78, 5) is 4.44. The van der Waals surface area contributed by atoms with E-state index in [4.69, 9.17) is 10.3 Å². The number of nitrogens with two attached hydrogens (primary N) is 1. The van der Waals surface area contributed by atoms with Gasteiger partial charge in [0, 0.05) is 12.5 Å². The Bertz CT molecular complexity index is 547. The molecule has 0 aliphatic heterocycles. The molecular weight excluding hydrogens is 226 g/mol. The molecule has 0 saturated carbocycles. The second-order valence-electron chi connectivity index (χ2n) is 4.60. The Kier molecular flexibility index (Phi) is 2.94. The third kappa shape index (κ3) is 2.33. The molecule has 4 nitrogen and oxygen atoms in total. The van der Waals surface area contributed by atoms with Crippen molar-refractivity contribution in [2.24, 2.45) is 5.73 Å². The van der Waals surface area contributed by atoms with E-state index in [9.17, 15) is 0 Å². The quantitative estimate of drug-likeness (QED) is 0.835. The molecule has 18 heavy (non-hydrogen) atoms. The number of aromatic nitrogens is 2. The van der Waals surface area contributed by atoms with Gasteiger partial charge in [-0.05, 0) is 12.0 Å². The number of nitrogens with zero attached hydrogens (tertiary/aromatic N) is 2. The zero-order valence-corrected chi connectivity index (χ0v) is 9.99. The lowest BCUT2D eigenvalue weighted by Crippen LogP contribution is -2.14. The highest BCUT2D eigenvalue weighted by molar-refractivity contribution is 5.20. The molecule has 2 N–H and O–H groups in total. The monoisotopic (exact) mass is 241 g/mol. The van der Waals surface area contributed by atoms with Crippen LogP contribution in [0.1, 0.15) is 29.6 Å². The van der Waals surface area contributed by atoms with Crippen molar-refractivity contribution in [3.63, 3.8) is 0 Å². The highest BCUT2D eigenvalue weighted by atomic mass is 16.5. The van der Waals surface area contributed by atoms with E-state index in [-0.39, 0.29) is 12.0 Å². The number of hydrogen-bond donors (Lipinski definition) is 1. The predicted octanol–water partition coefficient (Wildman–Crippen LogP) is 2.03. The van der Waals surface area contributed by atoms with Crippen LogP contribution in [0.5, 0.6) is 0 Å². The SMILES string of the molecule is NC1C=CC(c2nc(Cc3ccccc3)no2)C1.